The van der Waals surface area contributed by atoms with Gasteiger partial charge in [-0.3, -0.25) is 4.79 Å². The molecule has 0 aromatic heterocycles. The molecule has 6 nitrogen and oxygen atoms in total. The maximum atomic E-state index is 11.5. The normalized spacial score (nSPS) is 30.5. The highest BCUT2D eigenvalue weighted by molar-refractivity contribution is 5.81. The zero-order valence-corrected chi connectivity index (χ0v) is 8.81. The number of aliphatic hydroxyl groups excluding tert-OH is 1. The number of aliphatic hydroxyl groups is 1. The summed E-state index contributed by atoms with van der Waals surface area (Å²) >= 11 is 0. The van der Waals surface area contributed by atoms with Crippen molar-refractivity contribution in [3.05, 3.63) is 0 Å². The third-order valence-electron chi connectivity index (χ3n) is 2.29. The first-order chi connectivity index (χ1) is 7.19. The van der Waals surface area contributed by atoms with Crippen LogP contribution in [0.15, 0.2) is 0 Å². The quantitative estimate of drug-likeness (QED) is 0.507. The van der Waals surface area contributed by atoms with Crippen molar-refractivity contribution in [3.63, 3.8) is 0 Å². The molecule has 1 amide bonds. The van der Waals surface area contributed by atoms with Gasteiger partial charge in [0.2, 0.25) is 5.91 Å². The largest absolute Gasteiger partial charge is 0.390 e. The molecule has 0 aromatic rings. The molecule has 1 aliphatic rings. The van der Waals surface area contributed by atoms with E-state index in [4.69, 9.17) is 15.2 Å². The first kappa shape index (κ1) is 12.4. The van der Waals surface area contributed by atoms with Gasteiger partial charge in [-0.15, -0.1) is 0 Å². The number of hydrogen-bond donors (Lipinski definition) is 3. The van der Waals surface area contributed by atoms with Crippen LogP contribution in [0.25, 0.3) is 0 Å². The summed E-state index contributed by atoms with van der Waals surface area (Å²) in [7, 11) is 1.53. The predicted molar refractivity (Wildman–Crippen MR) is 53.2 cm³/mol. The van der Waals surface area contributed by atoms with Crippen LogP contribution >= 0.6 is 0 Å². The smallest absolute Gasteiger partial charge is 0.249 e. The molecule has 1 aliphatic heterocycles. The molecule has 3 atom stereocenters. The van der Waals surface area contributed by atoms with Crippen LogP contribution < -0.4 is 11.1 Å². The van der Waals surface area contributed by atoms with Crippen LogP contribution in [-0.2, 0) is 14.3 Å². The topological polar surface area (TPSA) is 93.8 Å². The highest BCUT2D eigenvalue weighted by atomic mass is 16.6. The Balaban J connectivity index is 2.36. The van der Waals surface area contributed by atoms with E-state index >= 15 is 0 Å². The second-order valence-corrected chi connectivity index (χ2v) is 3.50. The van der Waals surface area contributed by atoms with Gasteiger partial charge in [-0.1, -0.05) is 0 Å². The standard InChI is InChI=1S/C9H18N2O4/c1-14-5-8-6(12)4-7(15-8)9(13)11-3-2-10/h6-8,12H,2-5,10H2,1H3,(H,11,13)/t6-,7-,8?/m1/s1. The van der Waals surface area contributed by atoms with Gasteiger partial charge in [0, 0.05) is 26.6 Å². The molecule has 1 rings (SSSR count). The summed E-state index contributed by atoms with van der Waals surface area (Å²) in [5.41, 5.74) is 5.25. The van der Waals surface area contributed by atoms with Crippen LogP contribution in [0.3, 0.4) is 0 Å². The molecular weight excluding hydrogens is 200 g/mol. The Morgan fingerprint density at radius 2 is 2.47 bits per heavy atom. The van der Waals surface area contributed by atoms with Crippen molar-refractivity contribution in [1.29, 1.82) is 0 Å². The second kappa shape index (κ2) is 6.02. The predicted octanol–water partition coefficient (Wildman–Crippen LogP) is -1.77. The van der Waals surface area contributed by atoms with E-state index in [-0.39, 0.29) is 5.91 Å². The third-order valence-corrected chi connectivity index (χ3v) is 2.29. The first-order valence-corrected chi connectivity index (χ1v) is 4.99. The van der Waals surface area contributed by atoms with Gasteiger partial charge in [0.1, 0.15) is 12.2 Å². The lowest BCUT2D eigenvalue weighted by Crippen LogP contribution is -2.37. The Morgan fingerprint density at radius 3 is 3.07 bits per heavy atom. The number of nitrogens with one attached hydrogen (secondary N) is 1. The average molecular weight is 218 g/mol. The molecule has 1 fully saturated rings. The number of rotatable bonds is 5. The van der Waals surface area contributed by atoms with E-state index in [0.29, 0.717) is 26.1 Å². The molecule has 1 saturated heterocycles. The van der Waals surface area contributed by atoms with Gasteiger partial charge in [0.15, 0.2) is 0 Å². The van der Waals surface area contributed by atoms with Crippen LogP contribution in [0.5, 0.6) is 0 Å². The number of hydrogen-bond acceptors (Lipinski definition) is 5. The highest BCUT2D eigenvalue weighted by Gasteiger charge is 2.37. The number of carbonyl (C=O) groups is 1. The SMILES string of the molecule is COCC1O[C@@H](C(=O)NCCN)C[C@H]1O. The molecule has 0 radical (unpaired) electrons. The molecule has 0 aromatic carbocycles. The molecular formula is C9H18N2O4. The van der Waals surface area contributed by atoms with Crippen molar-refractivity contribution in [1.82, 2.24) is 5.32 Å². The lowest BCUT2D eigenvalue weighted by Gasteiger charge is -2.13. The fourth-order valence-corrected chi connectivity index (χ4v) is 1.52. The third kappa shape index (κ3) is 3.42. The molecule has 1 heterocycles. The minimum atomic E-state index is -0.640. The number of carbonyl (C=O) groups excluding carboxylic acids is 1. The Morgan fingerprint density at radius 1 is 1.73 bits per heavy atom. The molecule has 0 saturated carbocycles. The van der Waals surface area contributed by atoms with Crippen molar-refractivity contribution in [2.75, 3.05) is 26.8 Å². The zero-order valence-electron chi connectivity index (χ0n) is 8.81. The van der Waals surface area contributed by atoms with E-state index in [0.717, 1.165) is 0 Å². The molecule has 88 valence electrons. The van der Waals surface area contributed by atoms with E-state index in [1.807, 2.05) is 0 Å². The fraction of sp³-hybridized carbons (Fsp3) is 0.889. The minimum absolute atomic E-state index is 0.224. The molecule has 0 bridgehead atoms. The van der Waals surface area contributed by atoms with E-state index in [1.54, 1.807) is 0 Å². The zero-order chi connectivity index (χ0) is 11.3. The molecule has 4 N–H and O–H groups in total. The molecule has 15 heavy (non-hydrogen) atoms. The van der Waals surface area contributed by atoms with Crippen LogP contribution in [0.1, 0.15) is 6.42 Å². The Bertz CT molecular complexity index is 212. The Hall–Kier alpha value is -0.690. The summed E-state index contributed by atoms with van der Waals surface area (Å²) in [4.78, 5) is 11.5. The van der Waals surface area contributed by atoms with Crippen molar-refractivity contribution in [2.45, 2.75) is 24.7 Å². The summed E-state index contributed by atoms with van der Waals surface area (Å²) in [6.07, 6.45) is -1.33. The Kier molecular flexibility index (Phi) is 4.97. The van der Waals surface area contributed by atoms with E-state index in [2.05, 4.69) is 5.32 Å². The van der Waals surface area contributed by atoms with Gasteiger partial charge in [0.25, 0.3) is 0 Å². The van der Waals surface area contributed by atoms with Gasteiger partial charge in [0.05, 0.1) is 12.7 Å². The van der Waals surface area contributed by atoms with Crippen molar-refractivity contribution in [2.24, 2.45) is 5.73 Å². The summed E-state index contributed by atoms with van der Waals surface area (Å²) in [5.74, 6) is -0.224. The first-order valence-electron chi connectivity index (χ1n) is 4.99. The van der Waals surface area contributed by atoms with E-state index < -0.39 is 18.3 Å². The monoisotopic (exact) mass is 218 g/mol. The number of nitrogens with two attached hydrogens (primary N) is 1. The number of amides is 1. The van der Waals surface area contributed by atoms with Crippen molar-refractivity contribution in [3.8, 4) is 0 Å². The van der Waals surface area contributed by atoms with Gasteiger partial charge in [-0.2, -0.15) is 0 Å². The maximum Gasteiger partial charge on any atom is 0.249 e. The molecule has 6 heteroatoms. The summed E-state index contributed by atoms with van der Waals surface area (Å²) in [5, 5.41) is 12.2. The average Bonchev–Trinajstić information content (AvgIpc) is 2.58. The summed E-state index contributed by atoms with van der Waals surface area (Å²) < 4.78 is 10.2. The van der Waals surface area contributed by atoms with E-state index in [9.17, 15) is 9.90 Å². The van der Waals surface area contributed by atoms with Gasteiger partial charge >= 0.3 is 0 Å². The van der Waals surface area contributed by atoms with Gasteiger partial charge < -0.3 is 25.6 Å². The summed E-state index contributed by atoms with van der Waals surface area (Å²) in [6, 6.07) is 0. The van der Waals surface area contributed by atoms with Crippen LogP contribution in [0, 0.1) is 0 Å². The second-order valence-electron chi connectivity index (χ2n) is 3.50. The van der Waals surface area contributed by atoms with E-state index in [1.165, 1.54) is 7.11 Å². The fourth-order valence-electron chi connectivity index (χ4n) is 1.52. The van der Waals surface area contributed by atoms with Gasteiger partial charge in [-0.05, 0) is 0 Å². The lowest BCUT2D eigenvalue weighted by molar-refractivity contribution is -0.133. The number of methoxy groups -OCH3 is 1. The van der Waals surface area contributed by atoms with Crippen LogP contribution in [0.4, 0.5) is 0 Å². The summed E-state index contributed by atoms with van der Waals surface area (Å²) in [6.45, 7) is 1.11. The Labute approximate surface area is 88.7 Å². The molecule has 1 unspecified atom stereocenters. The maximum absolute atomic E-state index is 11.5. The molecule has 0 spiro atoms. The molecule has 0 aliphatic carbocycles. The van der Waals surface area contributed by atoms with Crippen molar-refractivity contribution < 1.29 is 19.4 Å². The number of ether oxygens (including phenoxy) is 2. The highest BCUT2D eigenvalue weighted by Crippen LogP contribution is 2.20. The van der Waals surface area contributed by atoms with Crippen LogP contribution in [0.2, 0.25) is 0 Å². The minimum Gasteiger partial charge on any atom is -0.390 e. The van der Waals surface area contributed by atoms with Crippen molar-refractivity contribution >= 4 is 5.91 Å². The van der Waals surface area contributed by atoms with Crippen LogP contribution in [-0.4, -0.2) is 56.1 Å². The van der Waals surface area contributed by atoms with Gasteiger partial charge in [-0.25, -0.2) is 0 Å². The lowest BCUT2D eigenvalue weighted by atomic mass is 10.1.